The van der Waals surface area contributed by atoms with Crippen LogP contribution in [-0.2, 0) is 0 Å². The van der Waals surface area contributed by atoms with E-state index in [0.29, 0.717) is 0 Å². The predicted molar refractivity (Wildman–Crippen MR) is 0 cm³/mol. The van der Waals surface area contributed by atoms with Crippen LogP contribution in [0, 0.1) is 0 Å². The van der Waals surface area contributed by atoms with Crippen LogP contribution in [0.4, 0.5) is 0 Å². The molecular weight excluding hydrogens is 161 g/mol. The van der Waals surface area contributed by atoms with Gasteiger partial charge in [-0.15, -0.1) is 0 Å². The number of halogens is 2. The molecule has 0 nitrogen and oxygen atoms in total. The molecule has 0 spiro atoms. The fourth-order valence-electron chi connectivity index (χ4n) is 0. The molecule has 16 valence electrons. The Hall–Kier alpha value is 2.77. The molecule has 0 N–H and O–H groups in total. The molecule has 0 aromatic carbocycles. The maximum absolute atomic E-state index is 0. The smallest absolute Gasteiger partial charge is 1.00 e. The summed E-state index contributed by atoms with van der Waals surface area (Å²) in [5, 5.41) is 0. The van der Waals surface area contributed by atoms with Gasteiger partial charge >= 0.3 is 59.1 Å². The summed E-state index contributed by atoms with van der Waals surface area (Å²) in [5.41, 5.74) is 0. The molecule has 0 aliphatic heterocycles. The second-order valence-corrected chi connectivity index (χ2v) is 0. The summed E-state index contributed by atoms with van der Waals surface area (Å²) in [5.74, 6) is 0. The van der Waals surface area contributed by atoms with Crippen molar-refractivity contribution in [2.24, 2.45) is 0 Å². The summed E-state index contributed by atoms with van der Waals surface area (Å²) in [6.45, 7) is 0. The van der Waals surface area contributed by atoms with Gasteiger partial charge in [-0.3, -0.25) is 0 Å². The average molecular weight is 161 g/mol. The van der Waals surface area contributed by atoms with Gasteiger partial charge in [0, 0.05) is 0 Å². The van der Waals surface area contributed by atoms with Crippen LogP contribution in [0.15, 0.2) is 0 Å². The largest absolute Gasteiger partial charge is 1.00 e. The minimum absolute atomic E-state index is 0. The average Bonchev–Trinajstić information content (AvgIpc) is 0. The molecule has 0 aliphatic carbocycles. The summed E-state index contributed by atoms with van der Waals surface area (Å²) in [6, 6.07) is 0. The van der Waals surface area contributed by atoms with Crippen LogP contribution in [0.25, 0.3) is 0 Å². The van der Waals surface area contributed by atoms with E-state index < -0.39 is 0 Å². The SMILES string of the molecule is [Br-].[Cl-].[Na+].[Na+]. The molecule has 0 atom stereocenters. The van der Waals surface area contributed by atoms with Gasteiger partial charge in [0.2, 0.25) is 0 Å². The molecule has 4 heteroatoms. The summed E-state index contributed by atoms with van der Waals surface area (Å²) in [4.78, 5) is 0. The normalized spacial score (nSPS) is 0. The Kier molecular flexibility index (Phi) is 126. The zero-order valence-electron chi connectivity index (χ0n) is 2.76. The van der Waals surface area contributed by atoms with Crippen molar-refractivity contribution in [3.8, 4) is 0 Å². The summed E-state index contributed by atoms with van der Waals surface area (Å²) >= 11 is 0. The first-order chi connectivity index (χ1) is 0. The summed E-state index contributed by atoms with van der Waals surface area (Å²) in [7, 11) is 0. The van der Waals surface area contributed by atoms with Crippen molar-refractivity contribution in [2.75, 3.05) is 0 Å². The van der Waals surface area contributed by atoms with Crippen LogP contribution in [0.2, 0.25) is 0 Å². The molecule has 0 fully saturated rings. The number of rotatable bonds is 0. The molecule has 0 unspecified atom stereocenters. The van der Waals surface area contributed by atoms with E-state index in [0.717, 1.165) is 0 Å². The minimum Gasteiger partial charge on any atom is -1.00 e. The second kappa shape index (κ2) is 17.1. The van der Waals surface area contributed by atoms with Crippen LogP contribution in [0.1, 0.15) is 0 Å². The van der Waals surface area contributed by atoms with E-state index in [1.54, 1.807) is 0 Å². The standard InChI is InChI=1S/BrH.ClH.2Na/h2*1H;;/q;;2*+1/p-2. The first-order valence-corrected chi connectivity index (χ1v) is 0. The molecule has 0 aromatic rings. The van der Waals surface area contributed by atoms with E-state index in [1.807, 2.05) is 0 Å². The van der Waals surface area contributed by atoms with Crippen LogP contribution in [0.3, 0.4) is 0 Å². The molecule has 0 rings (SSSR count). The Labute approximate surface area is 86.9 Å². The van der Waals surface area contributed by atoms with Gasteiger partial charge in [0.25, 0.3) is 0 Å². The molecule has 0 aromatic heterocycles. The Morgan fingerprint density at radius 1 is 0.750 bits per heavy atom. The van der Waals surface area contributed by atoms with Crippen LogP contribution in [-0.4, -0.2) is 0 Å². The van der Waals surface area contributed by atoms with Gasteiger partial charge in [-0.05, 0) is 0 Å². The molecule has 0 aliphatic rings. The molecule has 0 radical (unpaired) electrons. The third-order valence-electron chi connectivity index (χ3n) is 0. The van der Waals surface area contributed by atoms with E-state index in [4.69, 9.17) is 0 Å². The maximum Gasteiger partial charge on any atom is 1.00 e. The van der Waals surface area contributed by atoms with Crippen molar-refractivity contribution in [3.63, 3.8) is 0 Å². The Balaban J connectivity index is 0. The van der Waals surface area contributed by atoms with E-state index >= 15 is 0 Å². The Morgan fingerprint density at radius 3 is 0.750 bits per heavy atom. The van der Waals surface area contributed by atoms with Gasteiger partial charge in [0.1, 0.15) is 0 Å². The minimum atomic E-state index is 0. The van der Waals surface area contributed by atoms with Gasteiger partial charge in [0.05, 0.1) is 0 Å². The zero-order valence-corrected chi connectivity index (χ0v) is 9.10. The number of hydrogen-bond donors (Lipinski definition) is 0. The molecule has 4 heavy (non-hydrogen) atoms. The first kappa shape index (κ1) is 29.4. The van der Waals surface area contributed by atoms with Crippen molar-refractivity contribution in [1.82, 2.24) is 0 Å². The summed E-state index contributed by atoms with van der Waals surface area (Å²) < 4.78 is 0. The number of hydrogen-bond acceptors (Lipinski definition) is 0. The fraction of sp³-hybridized carbons (Fsp3) is 0. The van der Waals surface area contributed by atoms with Crippen LogP contribution in [0.5, 0.6) is 0 Å². The van der Waals surface area contributed by atoms with E-state index in [1.165, 1.54) is 0 Å². The molecule has 0 heterocycles. The van der Waals surface area contributed by atoms with Gasteiger partial charge < -0.3 is 29.4 Å². The molecule has 0 bridgehead atoms. The topological polar surface area (TPSA) is 0 Å². The van der Waals surface area contributed by atoms with Gasteiger partial charge in [-0.2, -0.15) is 0 Å². The zero-order chi connectivity index (χ0) is 0. The fourth-order valence-corrected chi connectivity index (χ4v) is 0. The van der Waals surface area contributed by atoms with Crippen molar-refractivity contribution in [2.45, 2.75) is 0 Å². The molecular formula is BrClNa2. The first-order valence-electron chi connectivity index (χ1n) is 0. The van der Waals surface area contributed by atoms with Crippen LogP contribution >= 0.6 is 0 Å². The maximum atomic E-state index is 0. The van der Waals surface area contributed by atoms with Crippen LogP contribution < -0.4 is 88.5 Å². The van der Waals surface area contributed by atoms with Crippen molar-refractivity contribution >= 4 is 0 Å². The molecule has 0 amide bonds. The monoisotopic (exact) mass is 160 g/mol. The molecule has 0 saturated carbocycles. The quantitative estimate of drug-likeness (QED) is 0.310. The van der Waals surface area contributed by atoms with E-state index in [2.05, 4.69) is 0 Å². The third-order valence-corrected chi connectivity index (χ3v) is 0. The molecule has 0 saturated heterocycles. The van der Waals surface area contributed by atoms with Crippen molar-refractivity contribution in [1.29, 1.82) is 0 Å². The third kappa shape index (κ3) is 8.84. The second-order valence-electron chi connectivity index (χ2n) is 0. The van der Waals surface area contributed by atoms with Gasteiger partial charge in [-0.1, -0.05) is 0 Å². The van der Waals surface area contributed by atoms with Crippen molar-refractivity contribution < 1.29 is 88.5 Å². The Morgan fingerprint density at radius 2 is 0.750 bits per heavy atom. The van der Waals surface area contributed by atoms with E-state index in [9.17, 15) is 0 Å². The predicted octanol–water partition coefficient (Wildman–Crippen LogP) is -12.0. The Bertz CT molecular complexity index is 6.00. The van der Waals surface area contributed by atoms with Gasteiger partial charge in [0.15, 0.2) is 0 Å². The van der Waals surface area contributed by atoms with Crippen molar-refractivity contribution in [3.05, 3.63) is 0 Å². The summed E-state index contributed by atoms with van der Waals surface area (Å²) in [6.07, 6.45) is 0. The van der Waals surface area contributed by atoms with E-state index in [-0.39, 0.29) is 88.5 Å². The van der Waals surface area contributed by atoms with Gasteiger partial charge in [-0.25, -0.2) is 0 Å².